The normalized spacial score (nSPS) is 9.68. The second kappa shape index (κ2) is 5.19. The Morgan fingerprint density at radius 1 is 1.42 bits per heavy atom. The molecule has 0 aliphatic carbocycles. The highest BCUT2D eigenvalue weighted by atomic mass is 16.4. The van der Waals surface area contributed by atoms with Crippen LogP contribution in [0.15, 0.2) is 36.5 Å². The summed E-state index contributed by atoms with van der Waals surface area (Å²) in [4.78, 5) is 15.0. The van der Waals surface area contributed by atoms with Crippen molar-refractivity contribution in [2.24, 2.45) is 0 Å². The Bertz CT molecular complexity index is 675. The first-order valence-corrected chi connectivity index (χ1v) is 5.58. The number of carboxylic acid groups (broad SMARTS) is 1. The van der Waals surface area contributed by atoms with E-state index in [0.29, 0.717) is 16.9 Å². The van der Waals surface area contributed by atoms with E-state index >= 15 is 0 Å². The largest absolute Gasteiger partial charge is 0.478 e. The molecule has 1 heterocycles. The van der Waals surface area contributed by atoms with Crippen molar-refractivity contribution in [1.82, 2.24) is 4.98 Å². The molecule has 0 amide bonds. The van der Waals surface area contributed by atoms with E-state index in [-0.39, 0.29) is 11.3 Å². The van der Waals surface area contributed by atoms with Gasteiger partial charge in [0.2, 0.25) is 0 Å². The third-order valence-electron chi connectivity index (χ3n) is 2.66. The molecule has 0 aliphatic rings. The number of pyridine rings is 1. The van der Waals surface area contributed by atoms with E-state index in [1.165, 1.54) is 12.3 Å². The predicted molar refractivity (Wildman–Crippen MR) is 70.4 cm³/mol. The van der Waals surface area contributed by atoms with Gasteiger partial charge in [-0.25, -0.2) is 9.78 Å². The Hall–Kier alpha value is -2.87. The van der Waals surface area contributed by atoms with Gasteiger partial charge in [-0.3, -0.25) is 0 Å². The maximum Gasteiger partial charge on any atom is 0.336 e. The van der Waals surface area contributed by atoms with E-state index in [0.717, 1.165) is 0 Å². The fraction of sp³-hybridized carbons (Fsp3) is 0.0714. The molecule has 5 nitrogen and oxygen atoms in total. The zero-order valence-corrected chi connectivity index (χ0v) is 10.2. The molecule has 2 aromatic rings. The molecule has 2 N–H and O–H groups in total. The van der Waals surface area contributed by atoms with Crippen LogP contribution in [0.1, 0.15) is 21.6 Å². The van der Waals surface area contributed by atoms with Gasteiger partial charge in [-0.2, -0.15) is 5.26 Å². The number of aromatic carboxylic acids is 1. The third kappa shape index (κ3) is 2.69. The van der Waals surface area contributed by atoms with E-state index in [2.05, 4.69) is 10.3 Å². The van der Waals surface area contributed by atoms with E-state index in [9.17, 15) is 4.79 Å². The van der Waals surface area contributed by atoms with Crippen molar-refractivity contribution in [2.75, 3.05) is 5.32 Å². The van der Waals surface area contributed by atoms with Crippen LogP contribution >= 0.6 is 0 Å². The van der Waals surface area contributed by atoms with Gasteiger partial charge in [0, 0.05) is 11.9 Å². The first-order chi connectivity index (χ1) is 9.11. The highest BCUT2D eigenvalue weighted by molar-refractivity contribution is 5.90. The molecule has 0 bridgehead atoms. The number of aryl methyl sites for hydroxylation is 1. The van der Waals surface area contributed by atoms with Crippen LogP contribution in [0.2, 0.25) is 0 Å². The molecule has 0 aliphatic heterocycles. The predicted octanol–water partition coefficient (Wildman–Crippen LogP) is 2.70. The van der Waals surface area contributed by atoms with Gasteiger partial charge in [-0.05, 0) is 36.8 Å². The Labute approximate surface area is 110 Å². The molecule has 1 aromatic heterocycles. The number of anilines is 2. The number of aromatic nitrogens is 1. The topological polar surface area (TPSA) is 86.0 Å². The molecular formula is C14H11N3O2. The quantitative estimate of drug-likeness (QED) is 0.878. The fourth-order valence-corrected chi connectivity index (χ4v) is 1.68. The van der Waals surface area contributed by atoms with Gasteiger partial charge in [0.15, 0.2) is 5.69 Å². The van der Waals surface area contributed by atoms with E-state index < -0.39 is 5.97 Å². The van der Waals surface area contributed by atoms with E-state index in [1.54, 1.807) is 31.2 Å². The molecule has 0 spiro atoms. The van der Waals surface area contributed by atoms with Crippen LogP contribution in [0.3, 0.4) is 0 Å². The molecule has 0 fully saturated rings. The van der Waals surface area contributed by atoms with Crippen molar-refractivity contribution >= 4 is 17.3 Å². The lowest BCUT2D eigenvalue weighted by Gasteiger charge is -2.09. The standard InChI is InChI=1S/C14H11N3O2/c1-9-4-5-10(7-11(9)14(18)19)17-12-3-2-6-16-13(12)8-15/h2-7,17H,1H3,(H,18,19). The number of hydrogen-bond donors (Lipinski definition) is 2. The average molecular weight is 253 g/mol. The van der Waals surface area contributed by atoms with Crippen molar-refractivity contribution in [2.45, 2.75) is 6.92 Å². The van der Waals surface area contributed by atoms with Gasteiger partial charge >= 0.3 is 5.97 Å². The third-order valence-corrected chi connectivity index (χ3v) is 2.66. The van der Waals surface area contributed by atoms with Crippen molar-refractivity contribution in [1.29, 1.82) is 5.26 Å². The first kappa shape index (κ1) is 12.6. The maximum atomic E-state index is 11.1. The van der Waals surface area contributed by atoms with Crippen LogP contribution in [0.25, 0.3) is 0 Å². The molecule has 5 heteroatoms. The van der Waals surface area contributed by atoms with E-state index in [1.807, 2.05) is 6.07 Å². The summed E-state index contributed by atoms with van der Waals surface area (Å²) < 4.78 is 0. The smallest absolute Gasteiger partial charge is 0.336 e. The summed E-state index contributed by atoms with van der Waals surface area (Å²) in [5.41, 5.74) is 2.33. The van der Waals surface area contributed by atoms with Crippen LogP contribution in [0.5, 0.6) is 0 Å². The van der Waals surface area contributed by atoms with Gasteiger partial charge in [0.25, 0.3) is 0 Å². The molecule has 19 heavy (non-hydrogen) atoms. The molecule has 0 saturated heterocycles. The lowest BCUT2D eigenvalue weighted by Crippen LogP contribution is -2.02. The molecule has 0 atom stereocenters. The minimum Gasteiger partial charge on any atom is -0.478 e. The molecule has 1 aromatic carbocycles. The summed E-state index contributed by atoms with van der Waals surface area (Å²) in [6.45, 7) is 1.73. The number of carbonyl (C=O) groups is 1. The lowest BCUT2D eigenvalue weighted by atomic mass is 10.1. The molecule has 94 valence electrons. The van der Waals surface area contributed by atoms with Gasteiger partial charge < -0.3 is 10.4 Å². The van der Waals surface area contributed by atoms with Crippen molar-refractivity contribution in [3.8, 4) is 6.07 Å². The number of benzene rings is 1. The second-order valence-electron chi connectivity index (χ2n) is 3.97. The first-order valence-electron chi connectivity index (χ1n) is 5.58. The Balaban J connectivity index is 2.37. The number of nitrogens with one attached hydrogen (secondary N) is 1. The number of nitrogens with zero attached hydrogens (tertiary/aromatic N) is 2. The van der Waals surface area contributed by atoms with E-state index in [4.69, 9.17) is 10.4 Å². The molecule has 0 radical (unpaired) electrons. The highest BCUT2D eigenvalue weighted by Crippen LogP contribution is 2.21. The minimum absolute atomic E-state index is 0.229. The lowest BCUT2D eigenvalue weighted by molar-refractivity contribution is 0.0696. The molecule has 2 rings (SSSR count). The zero-order chi connectivity index (χ0) is 13.8. The highest BCUT2D eigenvalue weighted by Gasteiger charge is 2.09. The Kier molecular flexibility index (Phi) is 3.44. The molecule has 0 unspecified atom stereocenters. The van der Waals surface area contributed by atoms with Gasteiger partial charge in [-0.1, -0.05) is 6.07 Å². The molecular weight excluding hydrogens is 242 g/mol. The average Bonchev–Trinajstić information content (AvgIpc) is 2.41. The van der Waals surface area contributed by atoms with Crippen LogP contribution in [0.4, 0.5) is 11.4 Å². The van der Waals surface area contributed by atoms with Crippen LogP contribution in [-0.2, 0) is 0 Å². The zero-order valence-electron chi connectivity index (χ0n) is 10.2. The minimum atomic E-state index is -0.979. The summed E-state index contributed by atoms with van der Waals surface area (Å²) in [7, 11) is 0. The number of nitriles is 1. The van der Waals surface area contributed by atoms with Crippen LogP contribution in [-0.4, -0.2) is 16.1 Å². The SMILES string of the molecule is Cc1ccc(Nc2cccnc2C#N)cc1C(=O)O. The monoisotopic (exact) mass is 253 g/mol. The maximum absolute atomic E-state index is 11.1. The van der Waals surface area contributed by atoms with Crippen molar-refractivity contribution in [3.63, 3.8) is 0 Å². The summed E-state index contributed by atoms with van der Waals surface area (Å²) in [5, 5.41) is 21.0. The molecule has 0 saturated carbocycles. The summed E-state index contributed by atoms with van der Waals surface area (Å²) in [6, 6.07) is 10.4. The number of rotatable bonds is 3. The van der Waals surface area contributed by atoms with Gasteiger partial charge in [0.1, 0.15) is 6.07 Å². The van der Waals surface area contributed by atoms with Crippen LogP contribution in [0, 0.1) is 18.3 Å². The van der Waals surface area contributed by atoms with Crippen molar-refractivity contribution < 1.29 is 9.90 Å². The van der Waals surface area contributed by atoms with Crippen molar-refractivity contribution in [3.05, 3.63) is 53.3 Å². The fourth-order valence-electron chi connectivity index (χ4n) is 1.68. The summed E-state index contributed by atoms with van der Waals surface area (Å²) in [5.74, 6) is -0.979. The second-order valence-corrected chi connectivity index (χ2v) is 3.97. The summed E-state index contributed by atoms with van der Waals surface area (Å²) >= 11 is 0. The van der Waals surface area contributed by atoms with Gasteiger partial charge in [0.05, 0.1) is 11.3 Å². The van der Waals surface area contributed by atoms with Gasteiger partial charge in [-0.15, -0.1) is 0 Å². The number of carboxylic acids is 1. The summed E-state index contributed by atoms with van der Waals surface area (Å²) in [6.07, 6.45) is 1.53. The Morgan fingerprint density at radius 3 is 2.89 bits per heavy atom. The van der Waals surface area contributed by atoms with Crippen LogP contribution < -0.4 is 5.32 Å². The Morgan fingerprint density at radius 2 is 2.21 bits per heavy atom. The number of hydrogen-bond acceptors (Lipinski definition) is 4.